The molecule has 1 aromatic heterocycles. The molecule has 16 heavy (non-hydrogen) atoms. The third-order valence-electron chi connectivity index (χ3n) is 2.46. The number of nitrogens with zero attached hydrogens (tertiary/aromatic N) is 2. The van der Waals surface area contributed by atoms with Gasteiger partial charge >= 0.3 is 0 Å². The summed E-state index contributed by atoms with van der Waals surface area (Å²) in [5, 5.41) is 1.52. The SMILES string of the molecule is CCc1nc(NN)cc(SC(C)C(C)C)n1. The van der Waals surface area contributed by atoms with E-state index in [1.165, 1.54) is 0 Å². The zero-order chi connectivity index (χ0) is 12.1. The van der Waals surface area contributed by atoms with Crippen molar-refractivity contribution in [3.8, 4) is 0 Å². The van der Waals surface area contributed by atoms with E-state index in [4.69, 9.17) is 5.84 Å². The van der Waals surface area contributed by atoms with Crippen molar-refractivity contribution in [3.05, 3.63) is 11.9 Å². The molecule has 3 N–H and O–H groups in total. The van der Waals surface area contributed by atoms with Crippen LogP contribution < -0.4 is 11.3 Å². The Hall–Kier alpha value is -0.810. The lowest BCUT2D eigenvalue weighted by Crippen LogP contribution is -2.11. The van der Waals surface area contributed by atoms with Crippen LogP contribution in [0.25, 0.3) is 0 Å². The Bertz CT molecular complexity index is 319. The van der Waals surface area contributed by atoms with Gasteiger partial charge in [-0.2, -0.15) is 0 Å². The van der Waals surface area contributed by atoms with E-state index in [-0.39, 0.29) is 0 Å². The van der Waals surface area contributed by atoms with Gasteiger partial charge in [0.1, 0.15) is 16.7 Å². The fraction of sp³-hybridized carbons (Fsp3) is 0.636. The largest absolute Gasteiger partial charge is 0.308 e. The van der Waals surface area contributed by atoms with Crippen LogP contribution in [-0.4, -0.2) is 15.2 Å². The van der Waals surface area contributed by atoms with Gasteiger partial charge in [-0.3, -0.25) is 0 Å². The van der Waals surface area contributed by atoms with Crippen LogP contribution in [0.1, 0.15) is 33.5 Å². The number of nitrogen functional groups attached to an aromatic ring is 1. The highest BCUT2D eigenvalue weighted by Crippen LogP contribution is 2.27. The van der Waals surface area contributed by atoms with Crippen molar-refractivity contribution in [1.29, 1.82) is 0 Å². The van der Waals surface area contributed by atoms with E-state index in [1.54, 1.807) is 11.8 Å². The molecule has 0 aliphatic heterocycles. The second-order valence-electron chi connectivity index (χ2n) is 4.07. The molecule has 1 atom stereocenters. The number of nitrogens with two attached hydrogens (primary N) is 1. The monoisotopic (exact) mass is 240 g/mol. The first kappa shape index (κ1) is 13.3. The van der Waals surface area contributed by atoms with E-state index >= 15 is 0 Å². The van der Waals surface area contributed by atoms with E-state index in [0.29, 0.717) is 17.0 Å². The van der Waals surface area contributed by atoms with Crippen LogP contribution in [0.5, 0.6) is 0 Å². The van der Waals surface area contributed by atoms with E-state index in [2.05, 4.69) is 36.2 Å². The van der Waals surface area contributed by atoms with Gasteiger partial charge in [-0.25, -0.2) is 15.8 Å². The Kier molecular flexibility index (Phi) is 5.02. The summed E-state index contributed by atoms with van der Waals surface area (Å²) in [4.78, 5) is 8.74. The molecule has 0 saturated carbocycles. The summed E-state index contributed by atoms with van der Waals surface area (Å²) in [5.41, 5.74) is 2.58. The maximum Gasteiger partial charge on any atom is 0.144 e. The third kappa shape index (κ3) is 3.64. The molecule has 0 amide bonds. The summed E-state index contributed by atoms with van der Waals surface area (Å²) in [5.74, 6) is 7.52. The van der Waals surface area contributed by atoms with Gasteiger partial charge in [0.05, 0.1) is 0 Å². The number of hydrazine groups is 1. The lowest BCUT2D eigenvalue weighted by atomic mass is 10.2. The molecule has 0 aliphatic carbocycles. The maximum atomic E-state index is 5.38. The predicted molar refractivity (Wildman–Crippen MR) is 69.4 cm³/mol. The Balaban J connectivity index is 2.86. The highest BCUT2D eigenvalue weighted by atomic mass is 32.2. The quantitative estimate of drug-likeness (QED) is 0.358. The summed E-state index contributed by atoms with van der Waals surface area (Å²) in [6, 6.07) is 1.89. The molecule has 0 aliphatic rings. The average molecular weight is 240 g/mol. The van der Waals surface area contributed by atoms with Crippen LogP contribution >= 0.6 is 11.8 Å². The summed E-state index contributed by atoms with van der Waals surface area (Å²) < 4.78 is 0. The first-order chi connectivity index (χ1) is 7.56. The molecule has 1 heterocycles. The molecule has 0 saturated heterocycles. The Morgan fingerprint density at radius 1 is 1.38 bits per heavy atom. The van der Waals surface area contributed by atoms with Gasteiger partial charge in [-0.1, -0.05) is 27.7 Å². The summed E-state index contributed by atoms with van der Waals surface area (Å²) in [6.07, 6.45) is 0.819. The Morgan fingerprint density at radius 2 is 2.06 bits per heavy atom. The number of aromatic nitrogens is 2. The van der Waals surface area contributed by atoms with Crippen molar-refractivity contribution in [1.82, 2.24) is 9.97 Å². The topological polar surface area (TPSA) is 63.8 Å². The van der Waals surface area contributed by atoms with Crippen molar-refractivity contribution in [3.63, 3.8) is 0 Å². The van der Waals surface area contributed by atoms with Crippen LogP contribution in [0.15, 0.2) is 11.1 Å². The van der Waals surface area contributed by atoms with Gasteiger partial charge in [-0.05, 0) is 5.92 Å². The minimum atomic E-state index is 0.533. The Labute approximate surface area is 101 Å². The molecular weight excluding hydrogens is 220 g/mol. The maximum absolute atomic E-state index is 5.38. The fourth-order valence-electron chi connectivity index (χ4n) is 1.09. The van der Waals surface area contributed by atoms with E-state index < -0.39 is 0 Å². The van der Waals surface area contributed by atoms with Crippen LogP contribution in [0.2, 0.25) is 0 Å². The average Bonchev–Trinajstić information content (AvgIpc) is 2.28. The van der Waals surface area contributed by atoms with Crippen LogP contribution in [-0.2, 0) is 6.42 Å². The van der Waals surface area contributed by atoms with Crippen molar-refractivity contribution in [2.24, 2.45) is 11.8 Å². The molecule has 1 aromatic rings. The van der Waals surface area contributed by atoms with Crippen molar-refractivity contribution >= 4 is 17.6 Å². The molecule has 1 rings (SSSR count). The third-order valence-corrected chi connectivity index (χ3v) is 3.83. The van der Waals surface area contributed by atoms with Crippen LogP contribution in [0.4, 0.5) is 5.82 Å². The first-order valence-corrected chi connectivity index (χ1v) is 6.46. The molecule has 0 radical (unpaired) electrons. The van der Waals surface area contributed by atoms with Crippen LogP contribution in [0, 0.1) is 5.92 Å². The molecule has 0 aromatic carbocycles. The van der Waals surface area contributed by atoms with Gasteiger partial charge in [0.15, 0.2) is 0 Å². The second-order valence-corrected chi connectivity index (χ2v) is 5.47. The lowest BCUT2D eigenvalue weighted by molar-refractivity contribution is 0.641. The van der Waals surface area contributed by atoms with E-state index in [1.807, 2.05) is 13.0 Å². The molecular formula is C11H20N4S. The normalized spacial score (nSPS) is 12.9. The number of aryl methyl sites for hydroxylation is 1. The predicted octanol–water partition coefficient (Wildman–Crippen LogP) is 2.46. The molecule has 90 valence electrons. The van der Waals surface area contributed by atoms with Gasteiger partial charge in [0.2, 0.25) is 0 Å². The van der Waals surface area contributed by atoms with E-state index in [9.17, 15) is 0 Å². The summed E-state index contributed by atoms with van der Waals surface area (Å²) >= 11 is 1.76. The molecule has 0 bridgehead atoms. The van der Waals surface area contributed by atoms with Gasteiger partial charge in [-0.15, -0.1) is 11.8 Å². The highest BCUT2D eigenvalue weighted by Gasteiger charge is 2.11. The smallest absolute Gasteiger partial charge is 0.144 e. The fourth-order valence-corrected chi connectivity index (χ4v) is 2.08. The number of thioether (sulfide) groups is 1. The summed E-state index contributed by atoms with van der Waals surface area (Å²) in [6.45, 7) is 8.66. The van der Waals surface area contributed by atoms with E-state index in [0.717, 1.165) is 17.3 Å². The first-order valence-electron chi connectivity index (χ1n) is 5.58. The van der Waals surface area contributed by atoms with Crippen molar-refractivity contribution < 1.29 is 0 Å². The van der Waals surface area contributed by atoms with Gasteiger partial charge in [0, 0.05) is 17.7 Å². The highest BCUT2D eigenvalue weighted by molar-refractivity contribution is 7.99. The molecule has 1 unspecified atom stereocenters. The minimum Gasteiger partial charge on any atom is -0.308 e. The minimum absolute atomic E-state index is 0.533. The number of rotatable bonds is 5. The zero-order valence-electron chi connectivity index (χ0n) is 10.3. The summed E-state index contributed by atoms with van der Waals surface area (Å²) in [7, 11) is 0. The number of nitrogens with one attached hydrogen (secondary N) is 1. The van der Waals surface area contributed by atoms with Gasteiger partial charge < -0.3 is 5.43 Å². The number of hydrogen-bond donors (Lipinski definition) is 2. The number of hydrogen-bond acceptors (Lipinski definition) is 5. The van der Waals surface area contributed by atoms with Gasteiger partial charge in [0.25, 0.3) is 0 Å². The standard InChI is InChI=1S/C11H20N4S/c1-5-9-13-10(15-12)6-11(14-9)16-8(4)7(2)3/h6-8H,5,12H2,1-4H3,(H,13,14,15). The van der Waals surface area contributed by atoms with Crippen LogP contribution in [0.3, 0.4) is 0 Å². The molecule has 0 fully saturated rings. The lowest BCUT2D eigenvalue weighted by Gasteiger charge is -2.15. The zero-order valence-corrected chi connectivity index (χ0v) is 11.1. The molecule has 5 heteroatoms. The molecule has 4 nitrogen and oxygen atoms in total. The second kappa shape index (κ2) is 6.06. The van der Waals surface area contributed by atoms with Crippen molar-refractivity contribution in [2.45, 2.75) is 44.4 Å². The Morgan fingerprint density at radius 3 is 2.56 bits per heavy atom. The van der Waals surface area contributed by atoms with Crippen molar-refractivity contribution in [2.75, 3.05) is 5.43 Å². The molecule has 0 spiro atoms. The number of anilines is 1.